The van der Waals surface area contributed by atoms with E-state index in [0.717, 1.165) is 25.7 Å². The molecule has 0 aliphatic heterocycles. The van der Waals surface area contributed by atoms with Crippen LogP contribution in [0.2, 0.25) is 5.02 Å². The number of methoxy groups -OCH3 is 1. The number of ether oxygens (including phenoxy) is 2. The molecule has 1 aromatic carbocycles. The van der Waals surface area contributed by atoms with Crippen LogP contribution >= 0.6 is 11.6 Å². The zero-order valence-electron chi connectivity index (χ0n) is 17.8. The van der Waals surface area contributed by atoms with Gasteiger partial charge in [-0.05, 0) is 49.9 Å². The summed E-state index contributed by atoms with van der Waals surface area (Å²) in [5.41, 5.74) is 1.10. The van der Waals surface area contributed by atoms with Crippen LogP contribution in [0, 0.1) is 5.92 Å². The van der Waals surface area contributed by atoms with Crippen LogP contribution < -0.4 is 15.4 Å². The average Bonchev–Trinajstić information content (AvgIpc) is 3.29. The minimum Gasteiger partial charge on any atom is -0.474 e. The number of rotatable bonds is 7. The molecule has 0 unspecified atom stereocenters. The van der Waals surface area contributed by atoms with E-state index in [9.17, 15) is 9.59 Å². The molecular weight excluding hydrogens is 450 g/mol. The van der Waals surface area contributed by atoms with Crippen LogP contribution in [0.3, 0.4) is 0 Å². The van der Waals surface area contributed by atoms with Crippen molar-refractivity contribution in [3.8, 4) is 5.88 Å². The molecular formula is C22H22ClN5O5. The van der Waals surface area contributed by atoms with Gasteiger partial charge in [0.15, 0.2) is 0 Å². The first-order chi connectivity index (χ1) is 16.0. The lowest BCUT2D eigenvalue weighted by molar-refractivity contribution is -0.147. The van der Waals surface area contributed by atoms with E-state index in [0.29, 0.717) is 22.3 Å². The summed E-state index contributed by atoms with van der Waals surface area (Å²) in [6.07, 6.45) is 4.43. The molecule has 4 rings (SSSR count). The van der Waals surface area contributed by atoms with E-state index in [2.05, 4.69) is 25.8 Å². The largest absolute Gasteiger partial charge is 0.474 e. The van der Waals surface area contributed by atoms with Crippen molar-refractivity contribution < 1.29 is 23.5 Å². The zero-order valence-corrected chi connectivity index (χ0v) is 18.5. The van der Waals surface area contributed by atoms with E-state index in [1.807, 2.05) is 0 Å². The number of nitrogens with one attached hydrogen (secondary N) is 2. The summed E-state index contributed by atoms with van der Waals surface area (Å²) in [6, 6.07) is 10.4. The molecule has 33 heavy (non-hydrogen) atoms. The van der Waals surface area contributed by atoms with E-state index >= 15 is 0 Å². The highest BCUT2D eigenvalue weighted by atomic mass is 35.5. The minimum atomic E-state index is -0.571. The average molecular weight is 472 g/mol. The molecule has 0 atom stereocenters. The van der Waals surface area contributed by atoms with Gasteiger partial charge in [0.05, 0.1) is 24.9 Å². The van der Waals surface area contributed by atoms with Crippen LogP contribution in [-0.4, -0.2) is 40.3 Å². The van der Waals surface area contributed by atoms with Crippen molar-refractivity contribution >= 4 is 40.9 Å². The minimum absolute atomic E-state index is 0.0114. The van der Waals surface area contributed by atoms with Crippen LogP contribution in [-0.2, 0) is 9.53 Å². The van der Waals surface area contributed by atoms with Crippen molar-refractivity contribution in [1.82, 2.24) is 15.2 Å². The summed E-state index contributed by atoms with van der Waals surface area (Å²) in [6.45, 7) is 0. The fraction of sp³-hybridized carbons (Fsp3) is 0.318. The van der Waals surface area contributed by atoms with Gasteiger partial charge in [-0.15, -0.1) is 5.10 Å². The van der Waals surface area contributed by atoms with Crippen molar-refractivity contribution in [2.75, 3.05) is 17.7 Å². The fourth-order valence-corrected chi connectivity index (χ4v) is 3.71. The Balaban J connectivity index is 1.28. The van der Waals surface area contributed by atoms with E-state index < -0.39 is 5.91 Å². The third kappa shape index (κ3) is 5.98. The van der Waals surface area contributed by atoms with Gasteiger partial charge >= 0.3 is 23.8 Å². The van der Waals surface area contributed by atoms with Gasteiger partial charge in [0.2, 0.25) is 5.88 Å². The Kier molecular flexibility index (Phi) is 7.04. The van der Waals surface area contributed by atoms with Crippen molar-refractivity contribution in [1.29, 1.82) is 0 Å². The van der Waals surface area contributed by atoms with Crippen LogP contribution in [0.5, 0.6) is 5.88 Å². The second-order valence-corrected chi connectivity index (χ2v) is 7.94. The molecule has 1 saturated carbocycles. The number of carbonyl (C=O) groups is 2. The van der Waals surface area contributed by atoms with Crippen LogP contribution in [0.4, 0.5) is 17.4 Å². The first-order valence-corrected chi connectivity index (χ1v) is 10.8. The van der Waals surface area contributed by atoms with Crippen LogP contribution in [0.25, 0.3) is 0 Å². The lowest BCUT2D eigenvalue weighted by Crippen LogP contribution is -2.28. The highest BCUT2D eigenvalue weighted by Gasteiger charge is 2.28. The molecule has 11 heteroatoms. The van der Waals surface area contributed by atoms with E-state index in [1.54, 1.807) is 36.4 Å². The molecule has 2 N–H and O–H groups in total. The molecule has 1 fully saturated rings. The van der Waals surface area contributed by atoms with Gasteiger partial charge in [0.1, 0.15) is 6.10 Å². The molecule has 10 nitrogen and oxygen atoms in total. The molecule has 0 saturated heterocycles. The first kappa shape index (κ1) is 22.5. The van der Waals surface area contributed by atoms with Crippen molar-refractivity contribution in [3.63, 3.8) is 0 Å². The van der Waals surface area contributed by atoms with E-state index in [4.69, 9.17) is 25.5 Å². The lowest BCUT2D eigenvalue weighted by atomic mass is 9.87. The van der Waals surface area contributed by atoms with Crippen LogP contribution in [0.15, 0.2) is 47.0 Å². The number of amides is 1. The highest BCUT2D eigenvalue weighted by Crippen LogP contribution is 2.28. The van der Waals surface area contributed by atoms with Gasteiger partial charge in [-0.2, -0.15) is 0 Å². The Labute approximate surface area is 194 Å². The maximum Gasteiger partial charge on any atom is 0.320 e. The maximum absolute atomic E-state index is 12.4. The topological polar surface area (TPSA) is 128 Å². The third-order valence-corrected chi connectivity index (χ3v) is 5.42. The van der Waals surface area contributed by atoms with Crippen molar-refractivity contribution in [2.24, 2.45) is 5.92 Å². The highest BCUT2D eigenvalue weighted by molar-refractivity contribution is 6.30. The standard InChI is InChI=1S/C22H22ClN5O5/c1-31-21(30)13-5-8-17(9-6-13)32-18-10-7-16(12-24-18)25-19(29)20-27-28-22(33-20)26-15-4-2-3-14(23)11-15/h2-4,7,10-13,17H,5-6,8-9H2,1H3,(H,25,29)(H,26,28)/t13-,17-. The van der Waals surface area contributed by atoms with Gasteiger partial charge < -0.3 is 24.5 Å². The summed E-state index contributed by atoms with van der Waals surface area (Å²) in [4.78, 5) is 28.3. The SMILES string of the molecule is COC(=O)[C@H]1CC[C@H](Oc2ccc(NC(=O)c3nnc(Nc4cccc(Cl)c4)o3)cn2)CC1. The summed E-state index contributed by atoms with van der Waals surface area (Å²) in [5, 5.41) is 13.6. The fourth-order valence-electron chi connectivity index (χ4n) is 3.52. The number of carbonyl (C=O) groups excluding carboxylic acids is 2. The number of esters is 1. The maximum atomic E-state index is 12.4. The Morgan fingerprint density at radius 1 is 1.09 bits per heavy atom. The number of hydrogen-bond donors (Lipinski definition) is 2. The summed E-state index contributed by atoms with van der Waals surface area (Å²) < 4.78 is 16.1. The number of nitrogens with zero attached hydrogens (tertiary/aromatic N) is 3. The molecule has 2 heterocycles. The predicted molar refractivity (Wildman–Crippen MR) is 120 cm³/mol. The quantitative estimate of drug-likeness (QED) is 0.486. The van der Waals surface area contributed by atoms with E-state index in [1.165, 1.54) is 13.3 Å². The van der Waals surface area contributed by atoms with Gasteiger partial charge in [-0.25, -0.2) is 4.98 Å². The van der Waals surface area contributed by atoms with Gasteiger partial charge in [-0.1, -0.05) is 22.8 Å². The van der Waals surface area contributed by atoms with Gasteiger partial charge in [0, 0.05) is 16.8 Å². The van der Waals surface area contributed by atoms with Crippen LogP contribution in [0.1, 0.15) is 36.4 Å². The second kappa shape index (κ2) is 10.3. The Bertz CT molecular complexity index is 1110. The molecule has 1 amide bonds. The molecule has 0 bridgehead atoms. The lowest BCUT2D eigenvalue weighted by Gasteiger charge is -2.27. The van der Waals surface area contributed by atoms with Crippen molar-refractivity contribution in [3.05, 3.63) is 53.5 Å². The number of aromatic nitrogens is 3. The molecule has 0 spiro atoms. The zero-order chi connectivity index (χ0) is 23.2. The van der Waals surface area contributed by atoms with Gasteiger partial charge in [-0.3, -0.25) is 9.59 Å². The normalized spacial score (nSPS) is 17.8. The number of hydrogen-bond acceptors (Lipinski definition) is 9. The summed E-state index contributed by atoms with van der Waals surface area (Å²) in [5.74, 6) is -0.563. The summed E-state index contributed by atoms with van der Waals surface area (Å²) in [7, 11) is 1.41. The second-order valence-electron chi connectivity index (χ2n) is 7.50. The van der Waals surface area contributed by atoms with E-state index in [-0.39, 0.29) is 29.9 Å². The number of benzene rings is 1. The Morgan fingerprint density at radius 3 is 2.61 bits per heavy atom. The molecule has 1 aliphatic carbocycles. The smallest absolute Gasteiger partial charge is 0.320 e. The molecule has 172 valence electrons. The first-order valence-electron chi connectivity index (χ1n) is 10.4. The molecule has 1 aliphatic rings. The third-order valence-electron chi connectivity index (χ3n) is 5.19. The number of anilines is 3. The molecule has 2 aromatic heterocycles. The molecule has 3 aromatic rings. The Hall–Kier alpha value is -3.66. The monoisotopic (exact) mass is 471 g/mol. The summed E-state index contributed by atoms with van der Waals surface area (Å²) >= 11 is 5.94. The Morgan fingerprint density at radius 2 is 1.91 bits per heavy atom. The van der Waals surface area contributed by atoms with Gasteiger partial charge in [0.25, 0.3) is 0 Å². The predicted octanol–water partition coefficient (Wildman–Crippen LogP) is 4.22. The molecule has 0 radical (unpaired) electrons. The van der Waals surface area contributed by atoms with Crippen molar-refractivity contribution in [2.45, 2.75) is 31.8 Å². The number of halogens is 1. The number of pyridine rings is 1.